The van der Waals surface area contributed by atoms with Gasteiger partial charge in [0.1, 0.15) is 0 Å². The quantitative estimate of drug-likeness (QED) is 0.697. The second kappa shape index (κ2) is 5.43. The average Bonchev–Trinajstić information content (AvgIpc) is 2.52. The number of nitrogens with zero attached hydrogens (tertiary/aromatic N) is 1. The maximum atomic E-state index is 12.8. The lowest BCUT2D eigenvalue weighted by Crippen LogP contribution is -2.28. The minimum Gasteiger partial charge on any atom is -0.308 e. The second-order valence-corrected chi connectivity index (χ2v) is 4.18. The minimum absolute atomic E-state index is 0.0318. The number of hydrogen-bond donors (Lipinski definition) is 1. The van der Waals surface area contributed by atoms with E-state index in [0.717, 1.165) is 19.5 Å². The molecule has 1 saturated heterocycles. The first kappa shape index (κ1) is 12.4. The highest BCUT2D eigenvalue weighted by Crippen LogP contribution is 2.26. The molecule has 1 aliphatic heterocycles. The Morgan fingerprint density at radius 2 is 2.27 bits per heavy atom. The van der Waals surface area contributed by atoms with E-state index in [9.17, 15) is 8.78 Å². The van der Waals surface area contributed by atoms with Crippen LogP contribution < -0.4 is 5.32 Å². The van der Waals surface area contributed by atoms with Gasteiger partial charge >= 0.3 is 0 Å². The fourth-order valence-corrected chi connectivity index (χ4v) is 1.75. The summed E-state index contributed by atoms with van der Waals surface area (Å²) in [5, 5.41) is 2.84. The molecule has 0 radical (unpaired) electrons. The van der Waals surface area contributed by atoms with Gasteiger partial charge in [0, 0.05) is 25.4 Å². The van der Waals surface area contributed by atoms with Crippen LogP contribution in [-0.4, -0.2) is 43.5 Å². The van der Waals surface area contributed by atoms with E-state index in [4.69, 9.17) is 6.42 Å². The van der Waals surface area contributed by atoms with Crippen LogP contribution in [0.15, 0.2) is 0 Å². The first-order chi connectivity index (χ1) is 7.03. The van der Waals surface area contributed by atoms with Crippen molar-refractivity contribution in [3.8, 4) is 12.3 Å². The summed E-state index contributed by atoms with van der Waals surface area (Å²) < 4.78 is 25.6. The highest BCUT2D eigenvalue weighted by atomic mass is 19.3. The third-order valence-corrected chi connectivity index (χ3v) is 2.69. The van der Waals surface area contributed by atoms with Crippen LogP contribution in [0.4, 0.5) is 8.78 Å². The normalized spacial score (nSPS) is 24.3. The highest BCUT2D eigenvalue weighted by Gasteiger charge is 2.38. The molecule has 1 N–H and O–H groups in total. The molecule has 15 heavy (non-hydrogen) atoms. The van der Waals surface area contributed by atoms with Crippen molar-refractivity contribution in [2.45, 2.75) is 31.2 Å². The fourth-order valence-electron chi connectivity index (χ4n) is 1.75. The standard InChI is InChI=1S/C11H18F2N2/c1-3-4-6-15(2)7-5-10-8-11(12,13)9-14-10/h1,10,14H,4-9H2,2H3. The molecule has 1 aliphatic rings. The Hall–Kier alpha value is -0.660. The molecule has 1 heterocycles. The lowest BCUT2D eigenvalue weighted by molar-refractivity contribution is 0.0206. The summed E-state index contributed by atoms with van der Waals surface area (Å²) in [6, 6.07) is -0.0479. The van der Waals surface area contributed by atoms with Gasteiger partial charge < -0.3 is 10.2 Å². The molecule has 86 valence electrons. The van der Waals surface area contributed by atoms with E-state index in [0.29, 0.717) is 6.42 Å². The third kappa shape index (κ3) is 4.59. The number of alkyl halides is 2. The van der Waals surface area contributed by atoms with Crippen molar-refractivity contribution >= 4 is 0 Å². The third-order valence-electron chi connectivity index (χ3n) is 2.69. The van der Waals surface area contributed by atoms with E-state index >= 15 is 0 Å². The maximum absolute atomic E-state index is 12.8. The lowest BCUT2D eigenvalue weighted by atomic mass is 10.1. The number of nitrogens with one attached hydrogen (secondary N) is 1. The smallest absolute Gasteiger partial charge is 0.261 e. The van der Waals surface area contributed by atoms with Gasteiger partial charge in [0.25, 0.3) is 5.92 Å². The SMILES string of the molecule is C#CCCN(C)CCC1CC(F)(F)CN1. The van der Waals surface area contributed by atoms with Crippen LogP contribution in [-0.2, 0) is 0 Å². The molecule has 1 unspecified atom stereocenters. The molecule has 0 bridgehead atoms. The van der Waals surface area contributed by atoms with Gasteiger partial charge in [0.15, 0.2) is 0 Å². The molecular weight excluding hydrogens is 198 g/mol. The van der Waals surface area contributed by atoms with Crippen LogP contribution >= 0.6 is 0 Å². The number of hydrogen-bond acceptors (Lipinski definition) is 2. The molecule has 1 atom stereocenters. The van der Waals surface area contributed by atoms with Crippen LogP contribution in [0.1, 0.15) is 19.3 Å². The van der Waals surface area contributed by atoms with Crippen molar-refractivity contribution in [2.75, 3.05) is 26.7 Å². The monoisotopic (exact) mass is 216 g/mol. The summed E-state index contributed by atoms with van der Waals surface area (Å²) in [6.07, 6.45) is 6.58. The Kier molecular flexibility index (Phi) is 4.49. The van der Waals surface area contributed by atoms with Gasteiger partial charge in [-0.1, -0.05) is 0 Å². The summed E-state index contributed by atoms with van der Waals surface area (Å²) in [6.45, 7) is 1.47. The highest BCUT2D eigenvalue weighted by molar-refractivity contribution is 4.88. The van der Waals surface area contributed by atoms with Crippen molar-refractivity contribution in [2.24, 2.45) is 0 Å². The summed E-state index contributed by atoms with van der Waals surface area (Å²) in [5.74, 6) is 0.0505. The molecule has 1 fully saturated rings. The first-order valence-corrected chi connectivity index (χ1v) is 5.27. The van der Waals surface area contributed by atoms with E-state index in [1.807, 2.05) is 7.05 Å². The molecule has 0 aliphatic carbocycles. The topological polar surface area (TPSA) is 15.3 Å². The Bertz CT molecular complexity index is 235. The van der Waals surface area contributed by atoms with E-state index in [1.165, 1.54) is 0 Å². The van der Waals surface area contributed by atoms with E-state index in [-0.39, 0.29) is 19.0 Å². The van der Waals surface area contributed by atoms with Gasteiger partial charge in [-0.05, 0) is 20.0 Å². The van der Waals surface area contributed by atoms with Crippen molar-refractivity contribution < 1.29 is 8.78 Å². The van der Waals surface area contributed by atoms with Gasteiger partial charge in [0.2, 0.25) is 0 Å². The molecule has 0 aromatic heterocycles. The molecule has 1 rings (SSSR count). The molecule has 0 amide bonds. The average molecular weight is 216 g/mol. The van der Waals surface area contributed by atoms with Crippen molar-refractivity contribution in [1.82, 2.24) is 10.2 Å². The van der Waals surface area contributed by atoms with Crippen LogP contribution in [0.5, 0.6) is 0 Å². The van der Waals surface area contributed by atoms with Crippen molar-refractivity contribution in [3.63, 3.8) is 0 Å². The molecule has 0 spiro atoms. The first-order valence-electron chi connectivity index (χ1n) is 5.27. The van der Waals surface area contributed by atoms with Crippen LogP contribution in [0.3, 0.4) is 0 Å². The zero-order valence-corrected chi connectivity index (χ0v) is 9.10. The predicted molar refractivity (Wildman–Crippen MR) is 56.9 cm³/mol. The fraction of sp³-hybridized carbons (Fsp3) is 0.818. The minimum atomic E-state index is -2.51. The summed E-state index contributed by atoms with van der Waals surface area (Å²) in [4.78, 5) is 2.08. The van der Waals surface area contributed by atoms with Crippen LogP contribution in [0.2, 0.25) is 0 Å². The maximum Gasteiger partial charge on any atom is 0.261 e. The van der Waals surface area contributed by atoms with Crippen LogP contribution in [0, 0.1) is 12.3 Å². The van der Waals surface area contributed by atoms with Gasteiger partial charge in [-0.25, -0.2) is 8.78 Å². The zero-order valence-electron chi connectivity index (χ0n) is 9.10. The van der Waals surface area contributed by atoms with E-state index in [1.54, 1.807) is 0 Å². The van der Waals surface area contributed by atoms with Gasteiger partial charge in [-0.15, -0.1) is 12.3 Å². The number of rotatable bonds is 5. The molecule has 0 aromatic carbocycles. The van der Waals surface area contributed by atoms with Crippen molar-refractivity contribution in [1.29, 1.82) is 0 Å². The van der Waals surface area contributed by atoms with Crippen molar-refractivity contribution in [3.05, 3.63) is 0 Å². The number of halogens is 2. The molecule has 2 nitrogen and oxygen atoms in total. The molecule has 0 saturated carbocycles. The molecule has 0 aromatic rings. The Labute approximate surface area is 90.0 Å². The zero-order chi connectivity index (χ0) is 11.3. The molecular formula is C11H18F2N2. The van der Waals surface area contributed by atoms with E-state index in [2.05, 4.69) is 16.1 Å². The van der Waals surface area contributed by atoms with Gasteiger partial charge in [-0.2, -0.15) is 0 Å². The summed E-state index contributed by atoms with van der Waals surface area (Å²) in [7, 11) is 1.96. The second-order valence-electron chi connectivity index (χ2n) is 4.18. The van der Waals surface area contributed by atoms with Crippen LogP contribution in [0.25, 0.3) is 0 Å². The summed E-state index contributed by atoms with van der Waals surface area (Å²) >= 11 is 0. The number of terminal acetylenes is 1. The Balaban J connectivity index is 2.13. The summed E-state index contributed by atoms with van der Waals surface area (Å²) in [5.41, 5.74) is 0. The Morgan fingerprint density at radius 1 is 1.53 bits per heavy atom. The predicted octanol–water partition coefficient (Wildman–Crippen LogP) is 1.33. The van der Waals surface area contributed by atoms with E-state index < -0.39 is 5.92 Å². The van der Waals surface area contributed by atoms with Gasteiger partial charge in [0.05, 0.1) is 6.54 Å². The largest absolute Gasteiger partial charge is 0.308 e. The van der Waals surface area contributed by atoms with Gasteiger partial charge in [-0.3, -0.25) is 0 Å². The Morgan fingerprint density at radius 3 is 2.80 bits per heavy atom. The lowest BCUT2D eigenvalue weighted by Gasteiger charge is -2.17. The molecule has 4 heteroatoms.